The third-order valence-electron chi connectivity index (χ3n) is 4.08. The molecular weight excluding hydrogens is 338 g/mol. The van der Waals surface area contributed by atoms with Gasteiger partial charge < -0.3 is 14.6 Å². The molecule has 2 aromatic rings. The Bertz CT molecular complexity index is 841. The first-order valence-corrected chi connectivity index (χ1v) is 8.02. The van der Waals surface area contributed by atoms with Crippen LogP contribution < -0.4 is 9.47 Å². The fourth-order valence-electron chi connectivity index (χ4n) is 2.77. The summed E-state index contributed by atoms with van der Waals surface area (Å²) in [4.78, 5) is 37.0. The van der Waals surface area contributed by atoms with Gasteiger partial charge in [-0.15, -0.1) is 0 Å². The highest BCUT2D eigenvalue weighted by molar-refractivity contribution is 6.21. The summed E-state index contributed by atoms with van der Waals surface area (Å²) < 4.78 is 10.6. The second-order valence-electron chi connectivity index (χ2n) is 5.68. The number of fused-ring (bicyclic) bond motifs is 1. The average molecular weight is 355 g/mol. The van der Waals surface area contributed by atoms with Gasteiger partial charge >= 0.3 is 5.97 Å². The maximum atomic E-state index is 12.3. The lowest BCUT2D eigenvalue weighted by Gasteiger charge is -2.15. The number of rotatable bonds is 7. The van der Waals surface area contributed by atoms with Gasteiger partial charge in [0, 0.05) is 12.6 Å². The maximum Gasteiger partial charge on any atom is 0.339 e. The quantitative estimate of drug-likeness (QED) is 0.606. The molecule has 26 heavy (non-hydrogen) atoms. The molecule has 0 radical (unpaired) electrons. The number of benzene rings is 2. The summed E-state index contributed by atoms with van der Waals surface area (Å²) in [5.41, 5.74) is 0.824. The smallest absolute Gasteiger partial charge is 0.339 e. The zero-order valence-corrected chi connectivity index (χ0v) is 14.1. The molecule has 2 aromatic carbocycles. The lowest BCUT2D eigenvalue weighted by molar-refractivity contribution is 0.0646. The summed E-state index contributed by atoms with van der Waals surface area (Å²) in [6.45, 7) is 0.347. The van der Waals surface area contributed by atoms with Gasteiger partial charge in [-0.1, -0.05) is 12.1 Å². The Morgan fingerprint density at radius 3 is 2.31 bits per heavy atom. The number of imide groups is 1. The van der Waals surface area contributed by atoms with Crippen LogP contribution in [0.2, 0.25) is 0 Å². The SMILES string of the molecule is COc1ccc(C(=O)O)c(OCCCN2C(=O)c3ccccc3C2=O)c1. The van der Waals surface area contributed by atoms with Crippen molar-refractivity contribution in [3.05, 3.63) is 59.2 Å². The van der Waals surface area contributed by atoms with Crippen molar-refractivity contribution in [1.82, 2.24) is 4.90 Å². The van der Waals surface area contributed by atoms with Crippen molar-refractivity contribution in [1.29, 1.82) is 0 Å². The van der Waals surface area contributed by atoms with E-state index in [0.29, 0.717) is 23.3 Å². The van der Waals surface area contributed by atoms with Crippen LogP contribution in [-0.2, 0) is 0 Å². The zero-order chi connectivity index (χ0) is 18.7. The van der Waals surface area contributed by atoms with E-state index in [0.717, 1.165) is 0 Å². The normalized spacial score (nSPS) is 12.9. The van der Waals surface area contributed by atoms with Gasteiger partial charge in [0.2, 0.25) is 0 Å². The van der Waals surface area contributed by atoms with E-state index in [9.17, 15) is 19.5 Å². The van der Waals surface area contributed by atoms with Crippen LogP contribution in [0.5, 0.6) is 11.5 Å². The third kappa shape index (κ3) is 3.23. The van der Waals surface area contributed by atoms with Crippen molar-refractivity contribution in [2.24, 2.45) is 0 Å². The van der Waals surface area contributed by atoms with Crippen molar-refractivity contribution >= 4 is 17.8 Å². The Labute approximate surface area is 149 Å². The van der Waals surface area contributed by atoms with Gasteiger partial charge in [0.15, 0.2) is 0 Å². The molecule has 7 heteroatoms. The number of aromatic carboxylic acids is 1. The minimum absolute atomic E-state index is 0.0199. The van der Waals surface area contributed by atoms with Gasteiger partial charge in [0.1, 0.15) is 17.1 Å². The number of ether oxygens (including phenoxy) is 2. The largest absolute Gasteiger partial charge is 0.497 e. The van der Waals surface area contributed by atoms with Gasteiger partial charge in [-0.2, -0.15) is 0 Å². The number of carbonyl (C=O) groups excluding carboxylic acids is 2. The molecule has 0 fully saturated rings. The molecule has 0 aromatic heterocycles. The summed E-state index contributed by atoms with van der Waals surface area (Å²) in [6.07, 6.45) is 0.377. The second-order valence-corrected chi connectivity index (χ2v) is 5.68. The van der Waals surface area contributed by atoms with E-state index in [1.807, 2.05) is 0 Å². The lowest BCUT2D eigenvalue weighted by atomic mass is 10.1. The van der Waals surface area contributed by atoms with Crippen LogP contribution in [0.15, 0.2) is 42.5 Å². The number of hydrogen-bond donors (Lipinski definition) is 1. The predicted octanol–water partition coefficient (Wildman–Crippen LogP) is 2.46. The second kappa shape index (κ2) is 7.26. The van der Waals surface area contributed by atoms with Crippen LogP contribution in [0, 0.1) is 0 Å². The van der Waals surface area contributed by atoms with Crippen LogP contribution in [0.25, 0.3) is 0 Å². The molecule has 0 spiro atoms. The van der Waals surface area contributed by atoms with E-state index >= 15 is 0 Å². The minimum Gasteiger partial charge on any atom is -0.497 e. The van der Waals surface area contributed by atoms with E-state index < -0.39 is 5.97 Å². The Balaban J connectivity index is 1.61. The van der Waals surface area contributed by atoms with E-state index in [1.54, 1.807) is 24.3 Å². The van der Waals surface area contributed by atoms with Crippen molar-refractivity contribution in [3.8, 4) is 11.5 Å². The van der Waals surface area contributed by atoms with Crippen LogP contribution in [0.3, 0.4) is 0 Å². The van der Waals surface area contributed by atoms with Crippen molar-refractivity contribution < 1.29 is 29.0 Å². The number of carboxylic acids is 1. The topological polar surface area (TPSA) is 93.1 Å². The van der Waals surface area contributed by atoms with Crippen LogP contribution >= 0.6 is 0 Å². The molecule has 2 amide bonds. The Morgan fingerprint density at radius 1 is 1.08 bits per heavy atom. The Kier molecular flexibility index (Phi) is 4.88. The number of carbonyl (C=O) groups is 3. The summed E-state index contributed by atoms with van der Waals surface area (Å²) in [6, 6.07) is 11.1. The van der Waals surface area contributed by atoms with E-state index in [2.05, 4.69) is 0 Å². The molecule has 0 saturated heterocycles. The number of nitrogens with zero attached hydrogens (tertiary/aromatic N) is 1. The van der Waals surface area contributed by atoms with Crippen LogP contribution in [-0.4, -0.2) is 48.1 Å². The first kappa shape index (κ1) is 17.5. The molecule has 1 aliphatic rings. The molecule has 0 unspecified atom stereocenters. The zero-order valence-electron chi connectivity index (χ0n) is 14.1. The fourth-order valence-corrected chi connectivity index (χ4v) is 2.77. The van der Waals surface area contributed by atoms with Gasteiger partial charge in [-0.3, -0.25) is 14.5 Å². The van der Waals surface area contributed by atoms with E-state index in [1.165, 1.54) is 30.2 Å². The lowest BCUT2D eigenvalue weighted by Crippen LogP contribution is -2.31. The van der Waals surface area contributed by atoms with Gasteiger partial charge in [0.05, 0.1) is 24.8 Å². The molecule has 0 bridgehead atoms. The van der Waals surface area contributed by atoms with E-state index in [-0.39, 0.29) is 36.3 Å². The number of carboxylic acid groups (broad SMARTS) is 1. The maximum absolute atomic E-state index is 12.3. The standard InChI is InChI=1S/C19H17NO6/c1-25-12-7-8-15(19(23)24)16(11-12)26-10-4-9-20-17(21)13-5-2-3-6-14(13)18(20)22/h2-3,5-8,11H,4,9-10H2,1H3,(H,23,24). The highest BCUT2D eigenvalue weighted by atomic mass is 16.5. The van der Waals surface area contributed by atoms with Crippen molar-refractivity contribution in [2.75, 3.05) is 20.3 Å². The molecule has 0 saturated carbocycles. The van der Waals surface area contributed by atoms with Crippen LogP contribution in [0.4, 0.5) is 0 Å². The first-order valence-electron chi connectivity index (χ1n) is 8.02. The number of methoxy groups -OCH3 is 1. The summed E-state index contributed by atoms with van der Waals surface area (Å²) >= 11 is 0. The summed E-state index contributed by atoms with van der Waals surface area (Å²) in [7, 11) is 1.47. The Morgan fingerprint density at radius 2 is 1.73 bits per heavy atom. The highest BCUT2D eigenvalue weighted by Gasteiger charge is 2.34. The van der Waals surface area contributed by atoms with Gasteiger partial charge in [0.25, 0.3) is 11.8 Å². The molecule has 1 aliphatic heterocycles. The van der Waals surface area contributed by atoms with Gasteiger partial charge in [-0.25, -0.2) is 4.79 Å². The third-order valence-corrected chi connectivity index (χ3v) is 4.08. The summed E-state index contributed by atoms with van der Waals surface area (Å²) in [5, 5.41) is 9.21. The predicted molar refractivity (Wildman–Crippen MR) is 91.9 cm³/mol. The number of amides is 2. The summed E-state index contributed by atoms with van der Waals surface area (Å²) in [5.74, 6) is -1.09. The molecule has 0 aliphatic carbocycles. The minimum atomic E-state index is -1.11. The average Bonchev–Trinajstić information content (AvgIpc) is 2.89. The fraction of sp³-hybridized carbons (Fsp3) is 0.211. The van der Waals surface area contributed by atoms with Crippen molar-refractivity contribution in [2.45, 2.75) is 6.42 Å². The molecule has 134 valence electrons. The van der Waals surface area contributed by atoms with Gasteiger partial charge in [-0.05, 0) is 30.7 Å². The van der Waals surface area contributed by atoms with E-state index in [4.69, 9.17) is 9.47 Å². The highest BCUT2D eigenvalue weighted by Crippen LogP contribution is 2.26. The molecule has 1 N–H and O–H groups in total. The molecule has 0 atom stereocenters. The van der Waals surface area contributed by atoms with Crippen molar-refractivity contribution in [3.63, 3.8) is 0 Å². The first-order chi connectivity index (χ1) is 12.5. The Hall–Kier alpha value is -3.35. The molecule has 1 heterocycles. The number of hydrogen-bond acceptors (Lipinski definition) is 5. The van der Waals surface area contributed by atoms with Crippen LogP contribution in [0.1, 0.15) is 37.5 Å². The molecular formula is C19H17NO6. The molecule has 7 nitrogen and oxygen atoms in total. The monoisotopic (exact) mass is 355 g/mol. The molecule has 3 rings (SSSR count).